The molecule has 0 spiro atoms. The predicted octanol–water partition coefficient (Wildman–Crippen LogP) is 0.773. The number of hydrogen-bond acceptors (Lipinski definition) is 10. The Hall–Kier alpha value is -3.15. The van der Waals surface area contributed by atoms with Gasteiger partial charge in [0.05, 0.1) is 19.1 Å². The SMILES string of the molecule is COc1ccc(Oc2coc3cc(O[C@@H]4O[C@@H](CO)[C@@H](O)[C@@H](O)[C@H]4O)ccc3c2=O)cc1. The average Bonchev–Trinajstić information content (AvgIpc) is 2.81. The maximum Gasteiger partial charge on any atom is 0.235 e. The fourth-order valence-corrected chi connectivity index (χ4v) is 3.30. The number of benzene rings is 2. The minimum absolute atomic E-state index is 0.00901. The van der Waals surface area contributed by atoms with E-state index in [4.69, 9.17) is 23.4 Å². The standard InChI is InChI=1S/C22H22O10/c1-28-11-2-4-12(5-3-11)30-17-10-29-15-8-13(6-7-14(15)18(17)24)31-22-21(27)20(26)19(25)16(9-23)32-22/h2-8,10,16,19-23,25-27H,9H2,1H3/t16-,19+,20+,21+,22+/m0/s1. The van der Waals surface area contributed by atoms with Gasteiger partial charge in [-0.05, 0) is 36.4 Å². The first kappa shape index (κ1) is 22.1. The summed E-state index contributed by atoms with van der Waals surface area (Å²) in [6, 6.07) is 11.0. The van der Waals surface area contributed by atoms with Crippen LogP contribution in [0.15, 0.2) is 57.9 Å². The molecule has 32 heavy (non-hydrogen) atoms. The Morgan fingerprint density at radius 3 is 2.31 bits per heavy atom. The summed E-state index contributed by atoms with van der Waals surface area (Å²) in [5, 5.41) is 39.4. The lowest BCUT2D eigenvalue weighted by molar-refractivity contribution is -0.277. The lowest BCUT2D eigenvalue weighted by Crippen LogP contribution is -2.60. The summed E-state index contributed by atoms with van der Waals surface area (Å²) >= 11 is 0. The molecule has 4 rings (SSSR count). The van der Waals surface area contributed by atoms with Crippen LogP contribution in [0.2, 0.25) is 0 Å². The molecule has 1 aliphatic rings. The minimum Gasteiger partial charge on any atom is -0.497 e. The van der Waals surface area contributed by atoms with E-state index in [0.717, 1.165) is 0 Å². The third-order valence-electron chi connectivity index (χ3n) is 5.10. The van der Waals surface area contributed by atoms with E-state index in [1.807, 2.05) is 0 Å². The van der Waals surface area contributed by atoms with E-state index in [0.29, 0.717) is 11.5 Å². The molecular weight excluding hydrogens is 424 g/mol. The first-order valence-electron chi connectivity index (χ1n) is 9.76. The Bertz CT molecular complexity index is 1120. The molecule has 0 amide bonds. The van der Waals surface area contributed by atoms with Crippen molar-refractivity contribution in [2.45, 2.75) is 30.7 Å². The van der Waals surface area contributed by atoms with Crippen molar-refractivity contribution >= 4 is 11.0 Å². The number of rotatable bonds is 6. The zero-order chi connectivity index (χ0) is 22.8. The maximum absolute atomic E-state index is 12.8. The van der Waals surface area contributed by atoms with Gasteiger partial charge >= 0.3 is 0 Å². The number of aliphatic hydroxyl groups excluding tert-OH is 4. The molecule has 2 heterocycles. The molecule has 2 aromatic carbocycles. The van der Waals surface area contributed by atoms with E-state index in [-0.39, 0.29) is 22.5 Å². The van der Waals surface area contributed by atoms with Crippen molar-refractivity contribution in [2.24, 2.45) is 0 Å². The Morgan fingerprint density at radius 2 is 1.62 bits per heavy atom. The summed E-state index contributed by atoms with van der Waals surface area (Å²) in [6.07, 6.45) is -5.90. The van der Waals surface area contributed by atoms with Crippen LogP contribution in [0.25, 0.3) is 11.0 Å². The first-order chi connectivity index (χ1) is 15.4. The molecule has 0 unspecified atom stereocenters. The van der Waals surface area contributed by atoms with Gasteiger partial charge in [-0.25, -0.2) is 0 Å². The largest absolute Gasteiger partial charge is 0.497 e. The molecule has 5 atom stereocenters. The van der Waals surface area contributed by atoms with Crippen LogP contribution in [0.4, 0.5) is 0 Å². The van der Waals surface area contributed by atoms with Gasteiger partial charge in [-0.2, -0.15) is 0 Å². The molecule has 0 aliphatic carbocycles. The van der Waals surface area contributed by atoms with Gasteiger partial charge in [0, 0.05) is 6.07 Å². The van der Waals surface area contributed by atoms with Gasteiger partial charge in [0.1, 0.15) is 53.5 Å². The Balaban J connectivity index is 1.54. The van der Waals surface area contributed by atoms with Crippen LogP contribution in [0.1, 0.15) is 0 Å². The molecule has 170 valence electrons. The minimum atomic E-state index is -1.57. The van der Waals surface area contributed by atoms with Crippen molar-refractivity contribution in [2.75, 3.05) is 13.7 Å². The topological polar surface area (TPSA) is 148 Å². The zero-order valence-electron chi connectivity index (χ0n) is 17.0. The lowest BCUT2D eigenvalue weighted by atomic mass is 9.99. The summed E-state index contributed by atoms with van der Waals surface area (Å²) < 4.78 is 27.1. The molecule has 0 saturated carbocycles. The third kappa shape index (κ3) is 4.27. The molecule has 0 bridgehead atoms. The number of fused-ring (bicyclic) bond motifs is 1. The maximum atomic E-state index is 12.8. The second kappa shape index (κ2) is 9.15. The highest BCUT2D eigenvalue weighted by Crippen LogP contribution is 2.28. The molecule has 1 aromatic heterocycles. The van der Waals surface area contributed by atoms with Crippen molar-refractivity contribution in [3.8, 4) is 23.0 Å². The Morgan fingerprint density at radius 1 is 0.938 bits per heavy atom. The van der Waals surface area contributed by atoms with Crippen molar-refractivity contribution < 1.29 is 43.8 Å². The van der Waals surface area contributed by atoms with Crippen LogP contribution in [-0.4, -0.2) is 64.8 Å². The summed E-state index contributed by atoms with van der Waals surface area (Å²) in [7, 11) is 1.54. The van der Waals surface area contributed by atoms with E-state index in [9.17, 15) is 25.2 Å². The predicted molar refractivity (Wildman–Crippen MR) is 110 cm³/mol. The Kier molecular flexibility index (Phi) is 6.31. The van der Waals surface area contributed by atoms with Crippen LogP contribution in [-0.2, 0) is 4.74 Å². The van der Waals surface area contributed by atoms with E-state index >= 15 is 0 Å². The summed E-state index contributed by atoms with van der Waals surface area (Å²) in [4.78, 5) is 12.8. The fraction of sp³-hybridized carbons (Fsp3) is 0.318. The smallest absolute Gasteiger partial charge is 0.235 e. The molecule has 10 nitrogen and oxygen atoms in total. The van der Waals surface area contributed by atoms with E-state index < -0.39 is 42.7 Å². The molecule has 3 aromatic rings. The summed E-state index contributed by atoms with van der Waals surface area (Å²) in [6.45, 7) is -0.575. The van der Waals surface area contributed by atoms with Gasteiger partial charge in [0.25, 0.3) is 0 Å². The Labute approximate surface area is 181 Å². The average molecular weight is 446 g/mol. The molecule has 0 radical (unpaired) electrons. The molecular formula is C22H22O10. The highest BCUT2D eigenvalue weighted by molar-refractivity contribution is 5.79. The summed E-state index contributed by atoms with van der Waals surface area (Å²) in [5.41, 5.74) is -0.208. The molecule has 10 heteroatoms. The quantitative estimate of drug-likeness (QED) is 0.428. The number of methoxy groups -OCH3 is 1. The zero-order valence-corrected chi connectivity index (χ0v) is 17.0. The van der Waals surface area contributed by atoms with Crippen molar-refractivity contribution in [1.82, 2.24) is 0 Å². The van der Waals surface area contributed by atoms with Crippen LogP contribution < -0.4 is 19.6 Å². The fourth-order valence-electron chi connectivity index (χ4n) is 3.30. The van der Waals surface area contributed by atoms with E-state index in [2.05, 4.69) is 0 Å². The van der Waals surface area contributed by atoms with Crippen LogP contribution in [0.3, 0.4) is 0 Å². The molecule has 1 fully saturated rings. The lowest BCUT2D eigenvalue weighted by Gasteiger charge is -2.39. The number of hydrogen-bond donors (Lipinski definition) is 4. The molecule has 1 aliphatic heterocycles. The van der Waals surface area contributed by atoms with Crippen molar-refractivity contribution in [1.29, 1.82) is 0 Å². The normalized spacial score (nSPS) is 25.5. The highest BCUT2D eigenvalue weighted by Gasteiger charge is 2.44. The van der Waals surface area contributed by atoms with Gasteiger partial charge < -0.3 is 43.8 Å². The van der Waals surface area contributed by atoms with Crippen molar-refractivity contribution in [3.05, 3.63) is 59.0 Å². The second-order valence-corrected chi connectivity index (χ2v) is 7.18. The monoisotopic (exact) mass is 446 g/mol. The van der Waals surface area contributed by atoms with Gasteiger partial charge in [-0.3, -0.25) is 4.79 Å². The van der Waals surface area contributed by atoms with Crippen molar-refractivity contribution in [3.63, 3.8) is 0 Å². The van der Waals surface area contributed by atoms with Gasteiger partial charge in [-0.15, -0.1) is 0 Å². The van der Waals surface area contributed by atoms with Crippen LogP contribution in [0.5, 0.6) is 23.0 Å². The number of ether oxygens (including phenoxy) is 4. The van der Waals surface area contributed by atoms with Crippen LogP contribution >= 0.6 is 0 Å². The first-order valence-corrected chi connectivity index (χ1v) is 9.76. The van der Waals surface area contributed by atoms with Crippen LogP contribution in [0, 0.1) is 0 Å². The van der Waals surface area contributed by atoms with Gasteiger partial charge in [-0.1, -0.05) is 0 Å². The summed E-state index contributed by atoms with van der Waals surface area (Å²) in [5.74, 6) is 1.24. The van der Waals surface area contributed by atoms with E-state index in [1.54, 1.807) is 31.4 Å². The van der Waals surface area contributed by atoms with Gasteiger partial charge in [0.15, 0.2) is 0 Å². The van der Waals surface area contributed by atoms with Gasteiger partial charge in [0.2, 0.25) is 17.5 Å². The highest BCUT2D eigenvalue weighted by atomic mass is 16.7. The third-order valence-corrected chi connectivity index (χ3v) is 5.10. The van der Waals surface area contributed by atoms with E-state index in [1.165, 1.54) is 24.5 Å². The number of aliphatic hydroxyl groups is 4. The molecule has 4 N–H and O–H groups in total. The molecule has 1 saturated heterocycles. The second-order valence-electron chi connectivity index (χ2n) is 7.18.